The summed E-state index contributed by atoms with van der Waals surface area (Å²) in [6.45, 7) is 4.45. The molecule has 0 unspecified atom stereocenters. The predicted molar refractivity (Wildman–Crippen MR) is 106 cm³/mol. The molecular formula is C21H25N3O4. The number of carbonyl (C=O) groups is 2. The molecule has 1 aliphatic rings. The van der Waals surface area contributed by atoms with Gasteiger partial charge in [-0.15, -0.1) is 0 Å². The monoisotopic (exact) mass is 383 g/mol. The molecule has 7 heteroatoms. The second-order valence-corrected chi connectivity index (χ2v) is 6.44. The normalized spacial score (nSPS) is 14.3. The smallest absolute Gasteiger partial charge is 0.233 e. The maximum absolute atomic E-state index is 12.2. The maximum Gasteiger partial charge on any atom is 0.233 e. The van der Waals surface area contributed by atoms with Crippen molar-refractivity contribution >= 4 is 17.5 Å². The molecule has 3 rings (SSSR count). The van der Waals surface area contributed by atoms with E-state index in [9.17, 15) is 9.59 Å². The Morgan fingerprint density at radius 3 is 2.46 bits per heavy atom. The number of benzene rings is 2. The highest BCUT2D eigenvalue weighted by molar-refractivity contribution is 6.04. The highest BCUT2D eigenvalue weighted by atomic mass is 16.5. The largest absolute Gasteiger partial charge is 0.455 e. The summed E-state index contributed by atoms with van der Waals surface area (Å²) in [7, 11) is 0. The van der Waals surface area contributed by atoms with E-state index < -0.39 is 0 Å². The SMILES string of the molecule is O=C(CC(=O)Nc1ccccc1Oc1ccccc1)NCCN1CCOCC1. The highest BCUT2D eigenvalue weighted by Gasteiger charge is 2.14. The first-order chi connectivity index (χ1) is 13.7. The molecule has 0 radical (unpaired) electrons. The van der Waals surface area contributed by atoms with Gasteiger partial charge in [-0.3, -0.25) is 14.5 Å². The van der Waals surface area contributed by atoms with Gasteiger partial charge in [0.2, 0.25) is 11.8 Å². The number of amides is 2. The van der Waals surface area contributed by atoms with E-state index in [1.807, 2.05) is 36.4 Å². The van der Waals surface area contributed by atoms with Crippen LogP contribution in [0.2, 0.25) is 0 Å². The molecule has 2 aromatic carbocycles. The molecule has 0 saturated carbocycles. The van der Waals surface area contributed by atoms with Crippen LogP contribution in [0.4, 0.5) is 5.69 Å². The standard InChI is InChI=1S/C21H25N3O4/c25-20(22-10-11-24-12-14-27-15-13-24)16-21(26)23-18-8-4-5-9-19(18)28-17-6-2-1-3-7-17/h1-9H,10-16H2,(H,22,25)(H,23,26). The van der Waals surface area contributed by atoms with E-state index in [-0.39, 0.29) is 18.2 Å². The first-order valence-electron chi connectivity index (χ1n) is 9.39. The lowest BCUT2D eigenvalue weighted by molar-refractivity contribution is -0.126. The number of carbonyl (C=O) groups excluding carboxylic acids is 2. The van der Waals surface area contributed by atoms with Gasteiger partial charge in [-0.2, -0.15) is 0 Å². The van der Waals surface area contributed by atoms with E-state index in [1.54, 1.807) is 18.2 Å². The molecule has 0 spiro atoms. The molecule has 0 atom stereocenters. The quantitative estimate of drug-likeness (QED) is 0.684. The Morgan fingerprint density at radius 2 is 1.68 bits per heavy atom. The summed E-state index contributed by atoms with van der Waals surface area (Å²) in [5.41, 5.74) is 0.525. The maximum atomic E-state index is 12.2. The van der Waals surface area contributed by atoms with Crippen molar-refractivity contribution in [3.05, 3.63) is 54.6 Å². The number of para-hydroxylation sites is 3. The fraction of sp³-hybridized carbons (Fsp3) is 0.333. The van der Waals surface area contributed by atoms with E-state index in [2.05, 4.69) is 15.5 Å². The Morgan fingerprint density at radius 1 is 0.964 bits per heavy atom. The Kier molecular flexibility index (Phi) is 7.40. The van der Waals surface area contributed by atoms with Crippen LogP contribution >= 0.6 is 0 Å². The van der Waals surface area contributed by atoms with Gasteiger partial charge >= 0.3 is 0 Å². The molecule has 2 aromatic rings. The van der Waals surface area contributed by atoms with Gasteiger partial charge < -0.3 is 20.1 Å². The molecule has 148 valence electrons. The van der Waals surface area contributed by atoms with Crippen LogP contribution in [0, 0.1) is 0 Å². The third-order valence-electron chi connectivity index (χ3n) is 4.31. The summed E-state index contributed by atoms with van der Waals surface area (Å²) in [5, 5.41) is 5.54. The number of anilines is 1. The Labute approximate surface area is 164 Å². The lowest BCUT2D eigenvalue weighted by Gasteiger charge is -2.26. The zero-order chi connectivity index (χ0) is 19.6. The van der Waals surface area contributed by atoms with E-state index in [0.717, 1.165) is 32.8 Å². The minimum absolute atomic E-state index is 0.233. The summed E-state index contributed by atoms with van der Waals surface area (Å²) >= 11 is 0. The number of rotatable bonds is 8. The predicted octanol–water partition coefficient (Wildman–Crippen LogP) is 2.26. The minimum Gasteiger partial charge on any atom is -0.455 e. The third-order valence-corrected chi connectivity index (χ3v) is 4.31. The van der Waals surface area contributed by atoms with Gasteiger partial charge in [0, 0.05) is 26.2 Å². The van der Waals surface area contributed by atoms with Gasteiger partial charge in [0.25, 0.3) is 0 Å². The lowest BCUT2D eigenvalue weighted by Crippen LogP contribution is -2.41. The number of nitrogens with zero attached hydrogens (tertiary/aromatic N) is 1. The van der Waals surface area contributed by atoms with Crippen molar-refractivity contribution in [3.8, 4) is 11.5 Å². The third kappa shape index (κ3) is 6.37. The first-order valence-corrected chi connectivity index (χ1v) is 9.39. The van der Waals surface area contributed by atoms with Gasteiger partial charge in [0.1, 0.15) is 12.2 Å². The Balaban J connectivity index is 1.45. The van der Waals surface area contributed by atoms with E-state index in [0.29, 0.717) is 23.7 Å². The van der Waals surface area contributed by atoms with Gasteiger partial charge in [-0.25, -0.2) is 0 Å². The second-order valence-electron chi connectivity index (χ2n) is 6.44. The first kappa shape index (κ1) is 19.9. The van der Waals surface area contributed by atoms with Crippen molar-refractivity contribution in [2.45, 2.75) is 6.42 Å². The number of hydrogen-bond acceptors (Lipinski definition) is 5. The Hall–Kier alpha value is -2.90. The highest BCUT2D eigenvalue weighted by Crippen LogP contribution is 2.29. The van der Waals surface area contributed by atoms with E-state index in [1.165, 1.54) is 0 Å². The van der Waals surface area contributed by atoms with Crippen molar-refractivity contribution in [3.63, 3.8) is 0 Å². The summed E-state index contributed by atoms with van der Waals surface area (Å²) in [5.74, 6) is 0.514. The molecule has 28 heavy (non-hydrogen) atoms. The zero-order valence-electron chi connectivity index (χ0n) is 15.7. The molecule has 7 nitrogen and oxygen atoms in total. The van der Waals surface area contributed by atoms with E-state index in [4.69, 9.17) is 9.47 Å². The van der Waals surface area contributed by atoms with Gasteiger partial charge in [0.05, 0.1) is 18.9 Å². The van der Waals surface area contributed by atoms with Crippen molar-refractivity contribution in [2.75, 3.05) is 44.7 Å². The molecule has 0 aliphatic carbocycles. The van der Waals surface area contributed by atoms with Gasteiger partial charge in [-0.1, -0.05) is 30.3 Å². The van der Waals surface area contributed by atoms with E-state index >= 15 is 0 Å². The summed E-state index contributed by atoms with van der Waals surface area (Å²) in [6, 6.07) is 16.5. The molecule has 1 saturated heterocycles. The average molecular weight is 383 g/mol. The topological polar surface area (TPSA) is 79.9 Å². The van der Waals surface area contributed by atoms with Crippen molar-refractivity contribution in [2.24, 2.45) is 0 Å². The molecule has 1 heterocycles. The average Bonchev–Trinajstić information content (AvgIpc) is 2.71. The molecule has 2 amide bonds. The minimum atomic E-state index is -0.381. The number of hydrogen-bond donors (Lipinski definition) is 2. The zero-order valence-corrected chi connectivity index (χ0v) is 15.7. The molecule has 1 aliphatic heterocycles. The summed E-state index contributed by atoms with van der Waals surface area (Å²) < 4.78 is 11.1. The fourth-order valence-corrected chi connectivity index (χ4v) is 2.86. The number of ether oxygens (including phenoxy) is 2. The summed E-state index contributed by atoms with van der Waals surface area (Å²) in [6.07, 6.45) is -0.233. The van der Waals surface area contributed by atoms with Crippen LogP contribution < -0.4 is 15.4 Å². The van der Waals surface area contributed by atoms with Crippen LogP contribution in [0.3, 0.4) is 0 Å². The Bertz CT molecular complexity index is 776. The number of morpholine rings is 1. The van der Waals surface area contributed by atoms with Crippen LogP contribution in [0.25, 0.3) is 0 Å². The molecule has 0 aromatic heterocycles. The van der Waals surface area contributed by atoms with Gasteiger partial charge in [0.15, 0.2) is 5.75 Å². The summed E-state index contributed by atoms with van der Waals surface area (Å²) in [4.78, 5) is 26.5. The van der Waals surface area contributed by atoms with Gasteiger partial charge in [-0.05, 0) is 24.3 Å². The van der Waals surface area contributed by atoms with Crippen LogP contribution in [-0.4, -0.2) is 56.1 Å². The number of nitrogens with one attached hydrogen (secondary N) is 2. The van der Waals surface area contributed by atoms with Crippen LogP contribution in [-0.2, 0) is 14.3 Å². The molecule has 0 bridgehead atoms. The second kappa shape index (κ2) is 10.4. The van der Waals surface area contributed by atoms with Crippen molar-refractivity contribution in [1.29, 1.82) is 0 Å². The molecule has 2 N–H and O–H groups in total. The lowest BCUT2D eigenvalue weighted by atomic mass is 10.2. The van der Waals surface area contributed by atoms with Crippen LogP contribution in [0.15, 0.2) is 54.6 Å². The molecular weight excluding hydrogens is 358 g/mol. The van der Waals surface area contributed by atoms with Crippen LogP contribution in [0.1, 0.15) is 6.42 Å². The van der Waals surface area contributed by atoms with Crippen LogP contribution in [0.5, 0.6) is 11.5 Å². The molecule has 1 fully saturated rings. The van der Waals surface area contributed by atoms with Crippen molar-refractivity contribution < 1.29 is 19.1 Å². The van der Waals surface area contributed by atoms with Crippen molar-refractivity contribution in [1.82, 2.24) is 10.2 Å². The fourth-order valence-electron chi connectivity index (χ4n) is 2.86.